The first-order valence-electron chi connectivity index (χ1n) is 10.6. The average Bonchev–Trinajstić information content (AvgIpc) is 3.18. The van der Waals surface area contributed by atoms with Crippen LogP contribution < -0.4 is 0 Å². The molecule has 2 heteroatoms. The number of benzene rings is 2. The summed E-state index contributed by atoms with van der Waals surface area (Å²) in [4.78, 5) is 7.49. The van der Waals surface area contributed by atoms with Gasteiger partial charge >= 0.3 is 0 Å². The van der Waals surface area contributed by atoms with Crippen LogP contribution in [0.2, 0.25) is 0 Å². The Morgan fingerprint density at radius 3 is 2.21 bits per heavy atom. The molecule has 0 amide bonds. The Balaban J connectivity index is 1.67. The van der Waals surface area contributed by atoms with Gasteiger partial charge in [0.2, 0.25) is 0 Å². The van der Waals surface area contributed by atoms with Crippen molar-refractivity contribution in [2.45, 2.75) is 64.7 Å². The Hall–Kier alpha value is -2.61. The Morgan fingerprint density at radius 2 is 1.62 bits per heavy atom. The van der Waals surface area contributed by atoms with Crippen molar-refractivity contribution in [2.24, 2.45) is 0 Å². The number of imidazole rings is 1. The summed E-state index contributed by atoms with van der Waals surface area (Å²) in [6.07, 6.45) is 6.95. The fourth-order valence-corrected chi connectivity index (χ4v) is 4.61. The van der Waals surface area contributed by atoms with Crippen molar-refractivity contribution in [3.05, 3.63) is 94.6 Å². The molecule has 1 aliphatic rings. The number of hydrogen-bond acceptors (Lipinski definition) is 1. The predicted octanol–water partition coefficient (Wildman–Crippen LogP) is 6.72. The highest BCUT2D eigenvalue weighted by atomic mass is 14.9. The first-order chi connectivity index (χ1) is 13.7. The van der Waals surface area contributed by atoms with E-state index in [0.29, 0.717) is 0 Å². The molecule has 1 aromatic heterocycles. The highest BCUT2D eigenvalue weighted by Crippen LogP contribution is 2.47. The smallest absolute Gasteiger partial charge is 0.110 e. The van der Waals surface area contributed by atoms with Crippen molar-refractivity contribution >= 4 is 5.57 Å². The molecule has 4 rings (SSSR count). The van der Waals surface area contributed by atoms with Crippen molar-refractivity contribution in [1.29, 1.82) is 0 Å². The summed E-state index contributed by atoms with van der Waals surface area (Å²) in [5, 5.41) is 0. The zero-order valence-corrected chi connectivity index (χ0v) is 18.4. The van der Waals surface area contributed by atoms with E-state index >= 15 is 0 Å². The van der Waals surface area contributed by atoms with E-state index in [2.05, 4.69) is 87.6 Å². The molecule has 0 aliphatic heterocycles. The summed E-state index contributed by atoms with van der Waals surface area (Å²) in [5.41, 5.74) is 9.58. The number of fused-ring (bicyclic) bond motifs is 1. The number of rotatable bonds is 4. The lowest BCUT2D eigenvalue weighted by Gasteiger charge is -2.42. The average molecular weight is 385 g/mol. The van der Waals surface area contributed by atoms with Crippen LogP contribution in [0.5, 0.6) is 0 Å². The molecule has 0 spiro atoms. The van der Waals surface area contributed by atoms with Crippen molar-refractivity contribution in [1.82, 2.24) is 9.97 Å². The maximum absolute atomic E-state index is 4.48. The summed E-state index contributed by atoms with van der Waals surface area (Å²) in [5.74, 6) is 0.993. The van der Waals surface area contributed by atoms with Crippen LogP contribution in [-0.4, -0.2) is 9.97 Å². The molecule has 2 nitrogen and oxygen atoms in total. The van der Waals surface area contributed by atoms with Gasteiger partial charge in [0.1, 0.15) is 5.82 Å². The Labute approximate surface area is 175 Å². The zero-order valence-electron chi connectivity index (χ0n) is 18.4. The summed E-state index contributed by atoms with van der Waals surface area (Å²) in [6.45, 7) is 16.2. The second kappa shape index (κ2) is 7.02. The standard InChI is InChI=1S/C27H32N2/c1-18-15-23-24(27(5,6)12-11-26(23,3)4)17-22(18)19(2)21-9-7-20(8-10-21)16-25-28-13-14-29-25/h7-10,13-15,17H,2,11-12,16H2,1,3-6H3,(H,28,29). The summed E-state index contributed by atoms with van der Waals surface area (Å²) in [6, 6.07) is 13.6. The van der Waals surface area contributed by atoms with Crippen molar-refractivity contribution in [3.8, 4) is 0 Å². The molecule has 2 aromatic carbocycles. The summed E-state index contributed by atoms with van der Waals surface area (Å²) < 4.78 is 0. The molecule has 150 valence electrons. The Bertz CT molecular complexity index is 1030. The van der Waals surface area contributed by atoms with Crippen molar-refractivity contribution in [2.75, 3.05) is 0 Å². The van der Waals surface area contributed by atoms with E-state index in [0.717, 1.165) is 17.8 Å². The minimum Gasteiger partial charge on any atom is -0.348 e. The van der Waals surface area contributed by atoms with Crippen LogP contribution in [0.3, 0.4) is 0 Å². The van der Waals surface area contributed by atoms with Crippen LogP contribution >= 0.6 is 0 Å². The minimum atomic E-state index is 0.209. The van der Waals surface area contributed by atoms with Gasteiger partial charge in [-0.3, -0.25) is 0 Å². The van der Waals surface area contributed by atoms with Gasteiger partial charge in [-0.2, -0.15) is 0 Å². The minimum absolute atomic E-state index is 0.209. The second-order valence-electron chi connectivity index (χ2n) is 9.87. The lowest BCUT2D eigenvalue weighted by molar-refractivity contribution is 0.331. The van der Waals surface area contributed by atoms with Gasteiger partial charge in [0.05, 0.1) is 0 Å². The third-order valence-electron chi connectivity index (χ3n) is 6.75. The van der Waals surface area contributed by atoms with Crippen LogP contribution in [0.1, 0.15) is 79.7 Å². The van der Waals surface area contributed by atoms with Gasteiger partial charge < -0.3 is 4.98 Å². The van der Waals surface area contributed by atoms with E-state index < -0.39 is 0 Å². The molecule has 0 fully saturated rings. The van der Waals surface area contributed by atoms with Crippen LogP contribution in [0.4, 0.5) is 0 Å². The Kier molecular flexibility index (Phi) is 4.77. The lowest BCUT2D eigenvalue weighted by atomic mass is 9.62. The molecule has 29 heavy (non-hydrogen) atoms. The third-order valence-corrected chi connectivity index (χ3v) is 6.75. The van der Waals surface area contributed by atoms with E-state index in [1.165, 1.54) is 46.2 Å². The van der Waals surface area contributed by atoms with Gasteiger partial charge in [0.15, 0.2) is 0 Å². The first-order valence-corrected chi connectivity index (χ1v) is 10.6. The van der Waals surface area contributed by atoms with E-state index in [1.54, 1.807) is 6.20 Å². The quantitative estimate of drug-likeness (QED) is 0.531. The molecule has 0 saturated carbocycles. The highest BCUT2D eigenvalue weighted by molar-refractivity contribution is 5.80. The van der Waals surface area contributed by atoms with Gasteiger partial charge in [0.25, 0.3) is 0 Å². The topological polar surface area (TPSA) is 28.7 Å². The van der Waals surface area contributed by atoms with Crippen LogP contribution in [0, 0.1) is 6.92 Å². The lowest BCUT2D eigenvalue weighted by Crippen LogP contribution is -2.34. The van der Waals surface area contributed by atoms with E-state index in [9.17, 15) is 0 Å². The van der Waals surface area contributed by atoms with E-state index in [1.807, 2.05) is 6.20 Å². The molecular weight excluding hydrogens is 352 g/mol. The second-order valence-corrected chi connectivity index (χ2v) is 9.87. The van der Waals surface area contributed by atoms with Gasteiger partial charge in [-0.05, 0) is 69.5 Å². The predicted molar refractivity (Wildman–Crippen MR) is 122 cm³/mol. The number of aromatic amines is 1. The number of nitrogens with one attached hydrogen (secondary N) is 1. The number of hydrogen-bond donors (Lipinski definition) is 1. The molecule has 0 bridgehead atoms. The van der Waals surface area contributed by atoms with Crippen LogP contribution in [0.15, 0.2) is 55.4 Å². The molecule has 1 N–H and O–H groups in total. The molecule has 0 unspecified atom stereocenters. The SMILES string of the molecule is C=C(c1ccc(Cc2ncc[nH]2)cc1)c1cc2c(cc1C)C(C)(C)CCC2(C)C. The van der Waals surface area contributed by atoms with Gasteiger partial charge in [-0.25, -0.2) is 4.98 Å². The van der Waals surface area contributed by atoms with Crippen molar-refractivity contribution < 1.29 is 0 Å². The molecular formula is C27H32N2. The van der Waals surface area contributed by atoms with Gasteiger partial charge in [-0.1, -0.05) is 70.7 Å². The largest absolute Gasteiger partial charge is 0.348 e. The normalized spacial score (nSPS) is 17.0. The highest BCUT2D eigenvalue weighted by Gasteiger charge is 2.37. The molecule has 1 heterocycles. The number of aryl methyl sites for hydroxylation is 1. The van der Waals surface area contributed by atoms with E-state index in [-0.39, 0.29) is 10.8 Å². The summed E-state index contributed by atoms with van der Waals surface area (Å²) >= 11 is 0. The fraction of sp³-hybridized carbons (Fsp3) is 0.370. The summed E-state index contributed by atoms with van der Waals surface area (Å²) in [7, 11) is 0. The maximum atomic E-state index is 4.48. The number of aromatic nitrogens is 2. The molecule has 1 aliphatic carbocycles. The molecule has 0 atom stereocenters. The number of H-pyrrole nitrogens is 1. The Morgan fingerprint density at radius 1 is 1.00 bits per heavy atom. The van der Waals surface area contributed by atoms with Crippen LogP contribution in [0.25, 0.3) is 5.57 Å². The first kappa shape index (κ1) is 19.7. The van der Waals surface area contributed by atoms with Crippen LogP contribution in [-0.2, 0) is 17.3 Å². The maximum Gasteiger partial charge on any atom is 0.110 e. The van der Waals surface area contributed by atoms with Gasteiger partial charge in [0, 0.05) is 18.8 Å². The van der Waals surface area contributed by atoms with Gasteiger partial charge in [-0.15, -0.1) is 0 Å². The number of nitrogens with zero attached hydrogens (tertiary/aromatic N) is 1. The van der Waals surface area contributed by atoms with E-state index in [4.69, 9.17) is 0 Å². The van der Waals surface area contributed by atoms with Crippen molar-refractivity contribution in [3.63, 3.8) is 0 Å². The molecule has 0 saturated heterocycles. The molecule has 3 aromatic rings. The monoisotopic (exact) mass is 384 g/mol. The third kappa shape index (κ3) is 3.69. The fourth-order valence-electron chi connectivity index (χ4n) is 4.61. The zero-order chi connectivity index (χ0) is 20.8. The molecule has 0 radical (unpaired) electrons.